The molecule has 0 heterocycles. The number of nitrogens with one attached hydrogen (secondary N) is 1. The van der Waals surface area contributed by atoms with E-state index in [-0.39, 0.29) is 18.9 Å². The molecule has 0 bridgehead atoms. The lowest BCUT2D eigenvalue weighted by molar-refractivity contribution is -0.384. The summed E-state index contributed by atoms with van der Waals surface area (Å²) >= 11 is 0. The van der Waals surface area contributed by atoms with Crippen LogP contribution < -0.4 is 5.32 Å². The van der Waals surface area contributed by atoms with Crippen LogP contribution in [0.25, 0.3) is 0 Å². The van der Waals surface area contributed by atoms with Crippen molar-refractivity contribution < 1.29 is 22.9 Å². The molecular weight excluding hydrogens is 362 g/mol. The van der Waals surface area contributed by atoms with E-state index in [0.29, 0.717) is 11.3 Å². The third-order valence-electron chi connectivity index (χ3n) is 3.46. The molecular formula is C17H20FN2O5P. The predicted octanol–water partition coefficient (Wildman–Crippen LogP) is 5.11. The van der Waals surface area contributed by atoms with Gasteiger partial charge in [-0.05, 0) is 37.6 Å². The number of non-ortho nitro benzene ring substituents is 1. The largest absolute Gasteiger partial charge is 0.368 e. The summed E-state index contributed by atoms with van der Waals surface area (Å²) in [5.41, 5.74) is 0.530. The second kappa shape index (κ2) is 8.89. The summed E-state index contributed by atoms with van der Waals surface area (Å²) in [7, 11) is -3.74. The van der Waals surface area contributed by atoms with E-state index in [9.17, 15) is 19.1 Å². The minimum atomic E-state index is -3.74. The molecule has 0 aliphatic heterocycles. The quantitative estimate of drug-likeness (QED) is 0.368. The summed E-state index contributed by atoms with van der Waals surface area (Å²) in [6, 6.07) is 11.3. The van der Waals surface area contributed by atoms with Gasteiger partial charge < -0.3 is 14.4 Å². The maximum absolute atomic E-state index is 13.5. The molecule has 2 aromatic rings. The molecule has 1 atom stereocenters. The van der Waals surface area contributed by atoms with Crippen LogP contribution in [0.15, 0.2) is 48.5 Å². The third-order valence-corrected chi connectivity index (χ3v) is 5.75. The Morgan fingerprint density at radius 3 is 2.38 bits per heavy atom. The van der Waals surface area contributed by atoms with Crippen molar-refractivity contribution in [2.24, 2.45) is 0 Å². The highest BCUT2D eigenvalue weighted by molar-refractivity contribution is 7.54. The molecule has 9 heteroatoms. The summed E-state index contributed by atoms with van der Waals surface area (Å²) in [4.78, 5) is 10.5. The van der Waals surface area contributed by atoms with Crippen LogP contribution in [0.5, 0.6) is 0 Å². The van der Waals surface area contributed by atoms with Crippen LogP contribution in [0.1, 0.15) is 25.2 Å². The first-order chi connectivity index (χ1) is 12.4. The van der Waals surface area contributed by atoms with Gasteiger partial charge in [-0.2, -0.15) is 0 Å². The van der Waals surface area contributed by atoms with E-state index in [2.05, 4.69) is 5.32 Å². The Morgan fingerprint density at radius 1 is 1.15 bits per heavy atom. The van der Waals surface area contributed by atoms with Crippen molar-refractivity contribution in [3.63, 3.8) is 0 Å². The molecule has 0 fully saturated rings. The highest BCUT2D eigenvalue weighted by atomic mass is 31.2. The average Bonchev–Trinajstić information content (AvgIpc) is 2.60. The maximum Gasteiger partial charge on any atom is 0.357 e. The molecule has 7 nitrogen and oxygen atoms in total. The molecule has 1 N–H and O–H groups in total. The third kappa shape index (κ3) is 4.88. The first kappa shape index (κ1) is 20.0. The van der Waals surface area contributed by atoms with Crippen LogP contribution in [0.4, 0.5) is 15.8 Å². The number of rotatable bonds is 9. The Balaban J connectivity index is 2.51. The van der Waals surface area contributed by atoms with E-state index in [0.717, 1.165) is 0 Å². The molecule has 0 amide bonds. The van der Waals surface area contributed by atoms with Gasteiger partial charge >= 0.3 is 7.60 Å². The SMILES string of the molecule is CCOP(=O)(OCC)C(Nc1cccc(F)c1)c1cccc([N+](=O)[O-])c1. The Bertz CT molecular complexity index is 807. The minimum Gasteiger partial charge on any atom is -0.368 e. The zero-order chi connectivity index (χ0) is 19.2. The summed E-state index contributed by atoms with van der Waals surface area (Å²) in [6.07, 6.45) is 0. The second-order valence-corrected chi connectivity index (χ2v) is 7.40. The van der Waals surface area contributed by atoms with Crippen LogP contribution in [0.3, 0.4) is 0 Å². The molecule has 0 aliphatic rings. The molecule has 2 aromatic carbocycles. The Labute approximate surface area is 150 Å². The number of halogens is 1. The zero-order valence-corrected chi connectivity index (χ0v) is 15.3. The van der Waals surface area contributed by atoms with Crippen molar-refractivity contribution >= 4 is 19.0 Å². The predicted molar refractivity (Wildman–Crippen MR) is 96.7 cm³/mol. The van der Waals surface area contributed by atoms with Crippen LogP contribution in [0.2, 0.25) is 0 Å². The summed E-state index contributed by atoms with van der Waals surface area (Å²) in [5, 5.41) is 14.0. The number of nitro benzene ring substituents is 1. The summed E-state index contributed by atoms with van der Waals surface area (Å²) in [6.45, 7) is 3.57. The zero-order valence-electron chi connectivity index (χ0n) is 14.4. The van der Waals surface area contributed by atoms with E-state index in [1.54, 1.807) is 26.0 Å². The highest BCUT2D eigenvalue weighted by Gasteiger charge is 2.37. The molecule has 1 unspecified atom stereocenters. The van der Waals surface area contributed by atoms with Crippen LogP contribution in [-0.4, -0.2) is 18.1 Å². The fourth-order valence-corrected chi connectivity index (χ4v) is 4.36. The summed E-state index contributed by atoms with van der Waals surface area (Å²) in [5.74, 6) is -1.51. The lowest BCUT2D eigenvalue weighted by Gasteiger charge is -2.28. The smallest absolute Gasteiger partial charge is 0.357 e. The van der Waals surface area contributed by atoms with E-state index in [4.69, 9.17) is 9.05 Å². The monoisotopic (exact) mass is 382 g/mol. The molecule has 2 rings (SSSR count). The van der Waals surface area contributed by atoms with E-state index < -0.39 is 24.1 Å². The molecule has 26 heavy (non-hydrogen) atoms. The van der Waals surface area contributed by atoms with E-state index in [1.807, 2.05) is 0 Å². The Kier molecular flexibility index (Phi) is 6.85. The van der Waals surface area contributed by atoms with Gasteiger partial charge in [0.25, 0.3) is 5.69 Å². The first-order valence-electron chi connectivity index (χ1n) is 8.05. The van der Waals surface area contributed by atoms with Gasteiger partial charge in [0.15, 0.2) is 5.78 Å². The fraction of sp³-hybridized carbons (Fsp3) is 0.294. The van der Waals surface area contributed by atoms with Crippen LogP contribution in [-0.2, 0) is 13.6 Å². The molecule has 0 saturated heterocycles. The van der Waals surface area contributed by atoms with Gasteiger partial charge in [-0.3, -0.25) is 14.7 Å². The van der Waals surface area contributed by atoms with Crippen molar-refractivity contribution in [1.82, 2.24) is 0 Å². The fourth-order valence-electron chi connectivity index (χ4n) is 2.44. The highest BCUT2D eigenvalue weighted by Crippen LogP contribution is 2.61. The topological polar surface area (TPSA) is 90.7 Å². The van der Waals surface area contributed by atoms with Crippen LogP contribution in [0, 0.1) is 15.9 Å². The number of hydrogen-bond acceptors (Lipinski definition) is 6. The molecule has 0 aliphatic carbocycles. The Hall–Kier alpha value is -2.28. The first-order valence-corrected chi connectivity index (χ1v) is 9.66. The molecule has 0 aromatic heterocycles. The van der Waals surface area contributed by atoms with E-state index in [1.165, 1.54) is 36.4 Å². The van der Waals surface area contributed by atoms with Crippen molar-refractivity contribution in [3.8, 4) is 0 Å². The lowest BCUT2D eigenvalue weighted by atomic mass is 10.2. The van der Waals surface area contributed by atoms with Gasteiger partial charge in [-0.15, -0.1) is 0 Å². The van der Waals surface area contributed by atoms with Crippen molar-refractivity contribution in [1.29, 1.82) is 0 Å². The van der Waals surface area contributed by atoms with Gasteiger partial charge in [0.05, 0.1) is 18.1 Å². The van der Waals surface area contributed by atoms with Gasteiger partial charge in [0.2, 0.25) is 0 Å². The standard InChI is InChI=1S/C17H20FN2O5P/c1-3-24-26(23,25-4-2)17(19-15-9-6-8-14(18)12-15)13-7-5-10-16(11-13)20(21)22/h5-12,17,19H,3-4H2,1-2H3. The second-order valence-electron chi connectivity index (χ2n) is 5.28. The number of anilines is 1. The van der Waals surface area contributed by atoms with Crippen molar-refractivity contribution in [2.75, 3.05) is 18.5 Å². The molecule has 0 saturated carbocycles. The van der Waals surface area contributed by atoms with Crippen molar-refractivity contribution in [3.05, 3.63) is 70.0 Å². The number of nitro groups is 1. The molecule has 0 radical (unpaired) electrons. The average molecular weight is 382 g/mol. The number of hydrogen-bond donors (Lipinski definition) is 1. The number of nitrogens with zero attached hydrogens (tertiary/aromatic N) is 1. The van der Waals surface area contributed by atoms with E-state index >= 15 is 0 Å². The summed E-state index contributed by atoms with van der Waals surface area (Å²) < 4.78 is 37.6. The lowest BCUT2D eigenvalue weighted by Crippen LogP contribution is -2.15. The maximum atomic E-state index is 13.5. The normalized spacial score (nSPS) is 12.6. The number of benzene rings is 2. The van der Waals surface area contributed by atoms with Crippen molar-refractivity contribution in [2.45, 2.75) is 19.6 Å². The van der Waals surface area contributed by atoms with Gasteiger partial charge in [-0.1, -0.05) is 18.2 Å². The molecule has 0 spiro atoms. The van der Waals surface area contributed by atoms with Crippen LogP contribution >= 0.6 is 7.60 Å². The van der Waals surface area contributed by atoms with Gasteiger partial charge in [0, 0.05) is 17.8 Å². The van der Waals surface area contributed by atoms with Gasteiger partial charge in [-0.25, -0.2) is 4.39 Å². The van der Waals surface area contributed by atoms with Gasteiger partial charge in [0.1, 0.15) is 5.82 Å². The minimum absolute atomic E-state index is 0.119. The molecule has 140 valence electrons. The Morgan fingerprint density at radius 2 is 1.81 bits per heavy atom.